The van der Waals surface area contributed by atoms with Gasteiger partial charge < -0.3 is 16.0 Å². The van der Waals surface area contributed by atoms with Gasteiger partial charge in [-0.15, -0.1) is 0 Å². The van der Waals surface area contributed by atoms with E-state index in [2.05, 4.69) is 31.1 Å². The summed E-state index contributed by atoms with van der Waals surface area (Å²) in [5.41, 5.74) is 6.02. The summed E-state index contributed by atoms with van der Waals surface area (Å²) >= 11 is 0. The molecule has 0 aliphatic heterocycles. The van der Waals surface area contributed by atoms with Gasteiger partial charge in [0, 0.05) is 31.1 Å². The van der Waals surface area contributed by atoms with Crippen LogP contribution in [0.25, 0.3) is 0 Å². The fourth-order valence-electron chi connectivity index (χ4n) is 2.44. The van der Waals surface area contributed by atoms with E-state index in [1.54, 1.807) is 0 Å². The van der Waals surface area contributed by atoms with Crippen molar-refractivity contribution in [3.05, 3.63) is 0 Å². The summed E-state index contributed by atoms with van der Waals surface area (Å²) in [4.78, 5) is 14.1. The minimum atomic E-state index is -0.244. The third-order valence-electron chi connectivity index (χ3n) is 4.03. The number of amides is 1. The number of hydrogen-bond acceptors (Lipinski definition) is 3. The van der Waals surface area contributed by atoms with Crippen molar-refractivity contribution in [1.82, 2.24) is 10.2 Å². The van der Waals surface area contributed by atoms with Crippen molar-refractivity contribution in [2.24, 2.45) is 5.73 Å². The van der Waals surface area contributed by atoms with E-state index < -0.39 is 0 Å². The highest BCUT2D eigenvalue weighted by Crippen LogP contribution is 2.28. The fourth-order valence-corrected chi connectivity index (χ4v) is 2.44. The first-order chi connectivity index (χ1) is 8.43. The first-order valence-electron chi connectivity index (χ1n) is 7.19. The maximum atomic E-state index is 11.9. The van der Waals surface area contributed by atoms with E-state index in [1.165, 1.54) is 19.3 Å². The lowest BCUT2D eigenvalue weighted by atomic mass is 9.80. The molecule has 1 amide bonds. The maximum absolute atomic E-state index is 11.9. The van der Waals surface area contributed by atoms with Crippen LogP contribution in [0, 0.1) is 0 Å². The van der Waals surface area contributed by atoms with E-state index >= 15 is 0 Å². The summed E-state index contributed by atoms with van der Waals surface area (Å²) < 4.78 is 0. The molecular weight excluding hydrogens is 226 g/mol. The predicted molar refractivity (Wildman–Crippen MR) is 75.4 cm³/mol. The summed E-state index contributed by atoms with van der Waals surface area (Å²) in [5, 5.41) is 2.98. The lowest BCUT2D eigenvalue weighted by molar-refractivity contribution is -0.122. The monoisotopic (exact) mass is 255 g/mol. The van der Waals surface area contributed by atoms with Gasteiger partial charge in [-0.3, -0.25) is 4.79 Å². The van der Waals surface area contributed by atoms with Crippen LogP contribution >= 0.6 is 0 Å². The lowest BCUT2D eigenvalue weighted by Crippen LogP contribution is -2.46. The van der Waals surface area contributed by atoms with E-state index in [0.29, 0.717) is 19.0 Å². The number of rotatable bonds is 6. The van der Waals surface area contributed by atoms with Crippen molar-refractivity contribution >= 4 is 5.91 Å². The summed E-state index contributed by atoms with van der Waals surface area (Å²) in [6.45, 7) is 5.90. The molecule has 1 fully saturated rings. The van der Waals surface area contributed by atoms with Gasteiger partial charge in [0.1, 0.15) is 0 Å². The van der Waals surface area contributed by atoms with Crippen LogP contribution in [0.1, 0.15) is 52.4 Å². The van der Waals surface area contributed by atoms with E-state index in [4.69, 9.17) is 5.73 Å². The molecule has 1 aliphatic rings. The van der Waals surface area contributed by atoms with Crippen LogP contribution < -0.4 is 11.1 Å². The standard InChI is InChI=1S/C14H29N3O/c1-12(2)17(3)10-9-16-13(18)11-14(15)7-5-4-6-8-14/h12H,4-11,15H2,1-3H3,(H,16,18). The average Bonchev–Trinajstić information content (AvgIpc) is 2.28. The largest absolute Gasteiger partial charge is 0.355 e. The van der Waals surface area contributed by atoms with Crippen molar-refractivity contribution < 1.29 is 4.79 Å². The molecule has 0 bridgehead atoms. The van der Waals surface area contributed by atoms with Crippen LogP contribution in [-0.4, -0.2) is 42.5 Å². The lowest BCUT2D eigenvalue weighted by Gasteiger charge is -2.32. The van der Waals surface area contributed by atoms with E-state index in [0.717, 1.165) is 19.4 Å². The van der Waals surface area contributed by atoms with Crippen LogP contribution in [0.15, 0.2) is 0 Å². The predicted octanol–water partition coefficient (Wildman–Crippen LogP) is 1.49. The van der Waals surface area contributed by atoms with E-state index in [1.807, 2.05) is 0 Å². The third kappa shape index (κ3) is 5.36. The normalized spacial score (nSPS) is 19.2. The highest BCUT2D eigenvalue weighted by Gasteiger charge is 2.29. The minimum Gasteiger partial charge on any atom is -0.355 e. The number of nitrogens with zero attached hydrogens (tertiary/aromatic N) is 1. The van der Waals surface area contributed by atoms with Crippen molar-refractivity contribution in [2.45, 2.75) is 64.0 Å². The molecule has 0 heterocycles. The molecule has 0 saturated heterocycles. The second-order valence-corrected chi connectivity index (χ2v) is 6.02. The Balaban J connectivity index is 2.21. The Labute approximate surface area is 111 Å². The van der Waals surface area contributed by atoms with Crippen molar-refractivity contribution in [3.63, 3.8) is 0 Å². The summed E-state index contributed by atoms with van der Waals surface area (Å²) in [6.07, 6.45) is 6.07. The van der Waals surface area contributed by atoms with Gasteiger partial charge in [-0.25, -0.2) is 0 Å². The second-order valence-electron chi connectivity index (χ2n) is 6.02. The zero-order valence-corrected chi connectivity index (χ0v) is 12.2. The number of nitrogens with two attached hydrogens (primary N) is 1. The Bertz CT molecular complexity index is 260. The molecular formula is C14H29N3O. The Hall–Kier alpha value is -0.610. The number of carbonyl (C=O) groups is 1. The maximum Gasteiger partial charge on any atom is 0.221 e. The fraction of sp³-hybridized carbons (Fsp3) is 0.929. The second kappa shape index (κ2) is 7.10. The van der Waals surface area contributed by atoms with Crippen molar-refractivity contribution in [1.29, 1.82) is 0 Å². The highest BCUT2D eigenvalue weighted by atomic mass is 16.1. The van der Waals surface area contributed by atoms with Gasteiger partial charge in [-0.2, -0.15) is 0 Å². The summed E-state index contributed by atoms with van der Waals surface area (Å²) in [6, 6.07) is 0.515. The molecule has 18 heavy (non-hydrogen) atoms. The number of carbonyl (C=O) groups excluding carboxylic acids is 1. The quantitative estimate of drug-likeness (QED) is 0.756. The first kappa shape index (κ1) is 15.4. The number of hydrogen-bond donors (Lipinski definition) is 2. The molecule has 0 aromatic rings. The molecule has 4 heteroatoms. The first-order valence-corrected chi connectivity index (χ1v) is 7.19. The molecule has 0 unspecified atom stereocenters. The van der Waals surface area contributed by atoms with Gasteiger partial charge in [-0.1, -0.05) is 19.3 Å². The molecule has 1 saturated carbocycles. The smallest absolute Gasteiger partial charge is 0.221 e. The Morgan fingerprint density at radius 1 is 1.33 bits per heavy atom. The molecule has 0 aromatic carbocycles. The van der Waals surface area contributed by atoms with Gasteiger partial charge in [-0.05, 0) is 33.7 Å². The van der Waals surface area contributed by atoms with Crippen LogP contribution in [0.4, 0.5) is 0 Å². The van der Waals surface area contributed by atoms with E-state index in [9.17, 15) is 4.79 Å². The van der Waals surface area contributed by atoms with Crippen molar-refractivity contribution in [3.8, 4) is 0 Å². The molecule has 106 valence electrons. The van der Waals surface area contributed by atoms with Crippen LogP contribution in [0.2, 0.25) is 0 Å². The van der Waals surface area contributed by atoms with Gasteiger partial charge in [0.2, 0.25) is 5.91 Å². The third-order valence-corrected chi connectivity index (χ3v) is 4.03. The SMILES string of the molecule is CC(C)N(C)CCNC(=O)CC1(N)CCCCC1. The van der Waals surface area contributed by atoms with Gasteiger partial charge >= 0.3 is 0 Å². The minimum absolute atomic E-state index is 0.108. The Morgan fingerprint density at radius 2 is 1.94 bits per heavy atom. The summed E-state index contributed by atoms with van der Waals surface area (Å²) in [7, 11) is 2.07. The zero-order chi connectivity index (χ0) is 13.6. The molecule has 1 aliphatic carbocycles. The Kier molecular flexibility index (Phi) is 6.09. The molecule has 0 aromatic heterocycles. The highest BCUT2D eigenvalue weighted by molar-refractivity contribution is 5.77. The summed E-state index contributed by atoms with van der Waals surface area (Å²) in [5.74, 6) is 0.108. The van der Waals surface area contributed by atoms with E-state index in [-0.39, 0.29) is 11.4 Å². The molecule has 3 N–H and O–H groups in total. The number of likely N-dealkylation sites (N-methyl/N-ethyl adjacent to an activating group) is 1. The van der Waals surface area contributed by atoms with Crippen LogP contribution in [-0.2, 0) is 4.79 Å². The molecule has 4 nitrogen and oxygen atoms in total. The zero-order valence-electron chi connectivity index (χ0n) is 12.2. The van der Waals surface area contributed by atoms with Gasteiger partial charge in [0.15, 0.2) is 0 Å². The number of nitrogens with one attached hydrogen (secondary N) is 1. The molecule has 0 atom stereocenters. The van der Waals surface area contributed by atoms with Gasteiger partial charge in [0.25, 0.3) is 0 Å². The molecule has 0 radical (unpaired) electrons. The molecule has 0 spiro atoms. The van der Waals surface area contributed by atoms with Crippen LogP contribution in [0.3, 0.4) is 0 Å². The Morgan fingerprint density at radius 3 is 2.50 bits per heavy atom. The average molecular weight is 255 g/mol. The van der Waals surface area contributed by atoms with Gasteiger partial charge in [0.05, 0.1) is 0 Å². The van der Waals surface area contributed by atoms with Crippen molar-refractivity contribution in [2.75, 3.05) is 20.1 Å². The molecule has 1 rings (SSSR count). The topological polar surface area (TPSA) is 58.4 Å². The van der Waals surface area contributed by atoms with Crippen LogP contribution in [0.5, 0.6) is 0 Å².